The molecule has 1 aromatic heterocycles. The van der Waals surface area contributed by atoms with Gasteiger partial charge in [-0.05, 0) is 23.5 Å². The summed E-state index contributed by atoms with van der Waals surface area (Å²) in [6.45, 7) is 7.92. The molecule has 0 spiro atoms. The second-order valence-corrected chi connectivity index (χ2v) is 4.88. The molecular weight excluding hydrogens is 210 g/mol. The lowest BCUT2D eigenvalue weighted by atomic mass is 9.82. The molecule has 2 N–H and O–H groups in total. The van der Waals surface area contributed by atoms with Crippen LogP contribution in [0.2, 0.25) is 5.15 Å². The van der Waals surface area contributed by atoms with Gasteiger partial charge in [0.15, 0.2) is 0 Å². The van der Waals surface area contributed by atoms with Crippen molar-refractivity contribution in [1.82, 2.24) is 4.98 Å². The van der Waals surface area contributed by atoms with E-state index in [4.69, 9.17) is 22.6 Å². The van der Waals surface area contributed by atoms with Crippen LogP contribution in [-0.4, -0.2) is 4.98 Å². The van der Waals surface area contributed by atoms with Crippen LogP contribution in [0.15, 0.2) is 0 Å². The van der Waals surface area contributed by atoms with E-state index >= 15 is 0 Å². The summed E-state index contributed by atoms with van der Waals surface area (Å²) in [6, 6.07) is 2.09. The molecule has 0 saturated heterocycles. The fourth-order valence-corrected chi connectivity index (χ4v) is 1.93. The summed E-state index contributed by atoms with van der Waals surface area (Å²) in [4.78, 5) is 3.94. The maximum Gasteiger partial charge on any atom is 0.149 e. The number of anilines is 1. The molecule has 0 aliphatic rings. The van der Waals surface area contributed by atoms with Gasteiger partial charge >= 0.3 is 0 Å². The molecule has 80 valence electrons. The summed E-state index contributed by atoms with van der Waals surface area (Å²) < 4.78 is 0. The highest BCUT2D eigenvalue weighted by Gasteiger charge is 2.24. The molecule has 1 rings (SSSR count). The van der Waals surface area contributed by atoms with Crippen molar-refractivity contribution >= 4 is 17.4 Å². The smallest absolute Gasteiger partial charge is 0.149 e. The number of nitrogens with two attached hydrogens (primary N) is 1. The summed E-state index contributed by atoms with van der Waals surface area (Å²) in [5.74, 6) is 0.393. The zero-order valence-corrected chi connectivity index (χ0v) is 10.1. The van der Waals surface area contributed by atoms with Crippen LogP contribution in [0.3, 0.4) is 0 Å². The van der Waals surface area contributed by atoms with Crippen molar-refractivity contribution in [2.45, 2.75) is 33.1 Å². The zero-order valence-electron chi connectivity index (χ0n) is 9.35. The van der Waals surface area contributed by atoms with Gasteiger partial charge in [-0.1, -0.05) is 32.4 Å². The van der Waals surface area contributed by atoms with Gasteiger partial charge in [0.2, 0.25) is 0 Å². The van der Waals surface area contributed by atoms with Gasteiger partial charge in [0.25, 0.3) is 0 Å². The Balaban J connectivity index is 3.68. The van der Waals surface area contributed by atoms with E-state index in [9.17, 15) is 0 Å². The van der Waals surface area contributed by atoms with Crippen LogP contribution >= 0.6 is 11.6 Å². The van der Waals surface area contributed by atoms with Gasteiger partial charge in [-0.15, -0.1) is 0 Å². The van der Waals surface area contributed by atoms with Crippen LogP contribution in [0.4, 0.5) is 5.82 Å². The number of pyridine rings is 1. The number of nitrogens with zero attached hydrogens (tertiary/aromatic N) is 2. The van der Waals surface area contributed by atoms with Crippen molar-refractivity contribution in [3.05, 3.63) is 21.8 Å². The fourth-order valence-electron chi connectivity index (χ4n) is 1.70. The molecule has 0 aliphatic heterocycles. The van der Waals surface area contributed by atoms with E-state index in [0.717, 1.165) is 11.1 Å². The molecule has 0 amide bonds. The molecule has 3 nitrogen and oxygen atoms in total. The summed E-state index contributed by atoms with van der Waals surface area (Å²) in [5, 5.41) is 9.25. The van der Waals surface area contributed by atoms with Crippen LogP contribution in [0, 0.1) is 18.3 Å². The highest BCUT2D eigenvalue weighted by molar-refractivity contribution is 6.30. The second kappa shape index (κ2) is 3.71. The number of aromatic nitrogens is 1. The molecule has 4 heteroatoms. The Kier molecular flexibility index (Phi) is 2.92. The van der Waals surface area contributed by atoms with Crippen molar-refractivity contribution in [2.75, 3.05) is 5.73 Å². The number of halogens is 1. The monoisotopic (exact) mass is 223 g/mol. The Morgan fingerprint density at radius 2 is 1.93 bits per heavy atom. The van der Waals surface area contributed by atoms with Crippen molar-refractivity contribution in [2.24, 2.45) is 0 Å². The number of rotatable bonds is 0. The second-order valence-electron chi connectivity index (χ2n) is 4.52. The first-order chi connectivity index (χ1) is 6.79. The van der Waals surface area contributed by atoms with Crippen LogP contribution in [0.25, 0.3) is 0 Å². The Bertz CT molecular complexity index is 439. The van der Waals surface area contributed by atoms with Crippen molar-refractivity contribution in [3.8, 4) is 6.07 Å². The first-order valence-electron chi connectivity index (χ1n) is 4.65. The maximum absolute atomic E-state index is 9.06. The fraction of sp³-hybridized carbons (Fsp3) is 0.455. The normalized spacial score (nSPS) is 11.2. The summed E-state index contributed by atoms with van der Waals surface area (Å²) in [5.41, 5.74) is 7.71. The quantitative estimate of drug-likeness (QED) is 0.688. The molecule has 0 radical (unpaired) electrons. The highest BCUT2D eigenvalue weighted by Crippen LogP contribution is 2.33. The minimum absolute atomic E-state index is 0.171. The van der Waals surface area contributed by atoms with Crippen LogP contribution < -0.4 is 5.73 Å². The standard InChI is InChI=1S/C11H14ClN3/c1-6-8(11(2,3)4)7(5-13)9(12)15-10(6)14/h1-4H3,(H2,14,15). The molecule has 0 fully saturated rings. The van der Waals surface area contributed by atoms with E-state index in [1.165, 1.54) is 0 Å². The Hall–Kier alpha value is -1.27. The van der Waals surface area contributed by atoms with E-state index in [2.05, 4.69) is 11.1 Å². The van der Waals surface area contributed by atoms with Gasteiger partial charge in [0.05, 0.1) is 5.56 Å². The lowest BCUT2D eigenvalue weighted by Crippen LogP contribution is -2.17. The highest BCUT2D eigenvalue weighted by atomic mass is 35.5. The average molecular weight is 224 g/mol. The van der Waals surface area contributed by atoms with Crippen LogP contribution in [-0.2, 0) is 5.41 Å². The lowest BCUT2D eigenvalue weighted by Gasteiger charge is -2.24. The van der Waals surface area contributed by atoms with Gasteiger partial charge in [-0.3, -0.25) is 0 Å². The molecule has 0 unspecified atom stereocenters. The van der Waals surface area contributed by atoms with Crippen LogP contribution in [0.5, 0.6) is 0 Å². The molecule has 0 aliphatic carbocycles. The number of hydrogen-bond acceptors (Lipinski definition) is 3. The Morgan fingerprint density at radius 3 is 2.33 bits per heavy atom. The first-order valence-corrected chi connectivity index (χ1v) is 5.03. The van der Waals surface area contributed by atoms with E-state index in [0.29, 0.717) is 11.4 Å². The predicted octanol–water partition coefficient (Wildman–Crippen LogP) is 2.79. The van der Waals surface area contributed by atoms with Gasteiger partial charge in [0, 0.05) is 0 Å². The van der Waals surface area contributed by atoms with Crippen molar-refractivity contribution < 1.29 is 0 Å². The molecule has 0 saturated carbocycles. The van der Waals surface area contributed by atoms with Crippen molar-refractivity contribution in [3.63, 3.8) is 0 Å². The molecule has 1 aromatic rings. The van der Waals surface area contributed by atoms with E-state index in [1.54, 1.807) is 0 Å². The SMILES string of the molecule is Cc1c(N)nc(Cl)c(C#N)c1C(C)(C)C. The minimum Gasteiger partial charge on any atom is -0.383 e. The first kappa shape index (κ1) is 11.8. The zero-order chi connectivity index (χ0) is 11.8. The minimum atomic E-state index is -0.171. The molecule has 15 heavy (non-hydrogen) atoms. The van der Waals surface area contributed by atoms with Crippen LogP contribution in [0.1, 0.15) is 37.5 Å². The van der Waals surface area contributed by atoms with Crippen molar-refractivity contribution in [1.29, 1.82) is 5.26 Å². The molecule has 0 atom stereocenters. The average Bonchev–Trinajstić information content (AvgIpc) is 2.08. The number of hydrogen-bond donors (Lipinski definition) is 1. The lowest BCUT2D eigenvalue weighted by molar-refractivity contribution is 0.583. The summed E-state index contributed by atoms with van der Waals surface area (Å²) in [6.07, 6.45) is 0. The Labute approximate surface area is 94.9 Å². The number of nitrogen functional groups attached to an aromatic ring is 1. The third kappa shape index (κ3) is 2.05. The molecule has 0 aromatic carbocycles. The molecule has 0 bridgehead atoms. The van der Waals surface area contributed by atoms with Gasteiger partial charge in [-0.2, -0.15) is 5.26 Å². The summed E-state index contributed by atoms with van der Waals surface area (Å²) in [7, 11) is 0. The van der Waals surface area contributed by atoms with Gasteiger partial charge in [-0.25, -0.2) is 4.98 Å². The Morgan fingerprint density at radius 1 is 1.40 bits per heavy atom. The van der Waals surface area contributed by atoms with E-state index in [-0.39, 0.29) is 10.6 Å². The molecular formula is C11H14ClN3. The topological polar surface area (TPSA) is 62.7 Å². The number of nitriles is 1. The predicted molar refractivity (Wildman–Crippen MR) is 61.8 cm³/mol. The maximum atomic E-state index is 9.06. The summed E-state index contributed by atoms with van der Waals surface area (Å²) >= 11 is 5.90. The van der Waals surface area contributed by atoms with Gasteiger partial charge < -0.3 is 5.73 Å². The largest absolute Gasteiger partial charge is 0.383 e. The van der Waals surface area contributed by atoms with Gasteiger partial charge in [0.1, 0.15) is 17.0 Å². The third-order valence-electron chi connectivity index (χ3n) is 2.30. The third-order valence-corrected chi connectivity index (χ3v) is 2.57. The van der Waals surface area contributed by atoms with E-state index < -0.39 is 0 Å². The van der Waals surface area contributed by atoms with E-state index in [1.807, 2.05) is 27.7 Å². The molecule has 1 heterocycles.